The molecule has 1 saturated heterocycles. The van der Waals surface area contributed by atoms with Crippen molar-refractivity contribution in [1.82, 2.24) is 4.72 Å². The van der Waals surface area contributed by atoms with Crippen LogP contribution in [0.4, 0.5) is 4.39 Å². The van der Waals surface area contributed by atoms with E-state index in [-0.39, 0.29) is 16.4 Å². The highest BCUT2D eigenvalue weighted by atomic mass is 32.2. The minimum absolute atomic E-state index is 0.0858. The van der Waals surface area contributed by atoms with E-state index in [1.54, 1.807) is 0 Å². The lowest BCUT2D eigenvalue weighted by atomic mass is 9.92. The normalized spacial score (nSPS) is 17.7. The fraction of sp³-hybridized carbons (Fsp3) is 0.533. The van der Waals surface area contributed by atoms with Gasteiger partial charge in [-0.3, -0.25) is 4.79 Å². The fourth-order valence-corrected chi connectivity index (χ4v) is 3.87. The van der Waals surface area contributed by atoms with Gasteiger partial charge in [0, 0.05) is 13.2 Å². The van der Waals surface area contributed by atoms with Gasteiger partial charge in [-0.2, -0.15) is 4.72 Å². The molecule has 0 bridgehead atoms. The highest BCUT2D eigenvalue weighted by molar-refractivity contribution is 7.89. The minimum Gasteiger partial charge on any atom is -0.468 e. The van der Waals surface area contributed by atoms with Gasteiger partial charge >= 0.3 is 5.97 Å². The lowest BCUT2D eigenvalue weighted by Crippen LogP contribution is -2.48. The molecule has 23 heavy (non-hydrogen) atoms. The summed E-state index contributed by atoms with van der Waals surface area (Å²) in [6.45, 7) is 2.41. The molecule has 0 aliphatic carbocycles. The van der Waals surface area contributed by atoms with Crippen molar-refractivity contribution < 1.29 is 27.1 Å². The minimum atomic E-state index is -3.96. The standard InChI is InChI=1S/C15H20FNO5S/c1-10-9-12(3-4-13(10)16)23(19,20)17-14(15(18)21-2)11-5-7-22-8-6-11/h3-4,9,11,14,17H,5-8H2,1-2H3/t14-/m1/s1. The first-order valence-electron chi connectivity index (χ1n) is 7.29. The number of halogens is 1. The van der Waals surface area contributed by atoms with Gasteiger partial charge < -0.3 is 9.47 Å². The van der Waals surface area contributed by atoms with E-state index in [9.17, 15) is 17.6 Å². The number of ether oxygens (including phenoxy) is 2. The fourth-order valence-electron chi connectivity index (χ4n) is 2.53. The Bertz CT molecular complexity index is 670. The summed E-state index contributed by atoms with van der Waals surface area (Å²) in [5.74, 6) is -1.33. The highest BCUT2D eigenvalue weighted by Gasteiger charge is 2.34. The van der Waals surface area contributed by atoms with Gasteiger partial charge in [-0.25, -0.2) is 12.8 Å². The second-order valence-corrected chi connectivity index (χ2v) is 7.20. The number of hydrogen-bond acceptors (Lipinski definition) is 5. The zero-order valence-electron chi connectivity index (χ0n) is 13.0. The third-order valence-corrected chi connectivity index (χ3v) is 5.35. The second kappa shape index (κ2) is 7.37. The van der Waals surface area contributed by atoms with Gasteiger partial charge in [0.15, 0.2) is 0 Å². The van der Waals surface area contributed by atoms with Gasteiger partial charge in [-0.1, -0.05) is 0 Å². The zero-order chi connectivity index (χ0) is 17.0. The molecule has 0 aromatic heterocycles. The average Bonchev–Trinajstić information content (AvgIpc) is 2.55. The molecule has 128 valence electrons. The Labute approximate surface area is 135 Å². The van der Waals surface area contributed by atoms with Crippen LogP contribution in [0.3, 0.4) is 0 Å². The van der Waals surface area contributed by atoms with Gasteiger partial charge in [0.1, 0.15) is 11.9 Å². The van der Waals surface area contributed by atoms with Crippen molar-refractivity contribution in [2.45, 2.75) is 30.7 Å². The maximum atomic E-state index is 13.3. The molecule has 2 rings (SSSR count). The van der Waals surface area contributed by atoms with Gasteiger partial charge in [0.25, 0.3) is 0 Å². The molecule has 1 heterocycles. The Kier molecular flexibility index (Phi) is 5.72. The quantitative estimate of drug-likeness (QED) is 0.816. The van der Waals surface area contributed by atoms with Crippen molar-refractivity contribution >= 4 is 16.0 Å². The van der Waals surface area contributed by atoms with Crippen LogP contribution in [0.15, 0.2) is 23.1 Å². The van der Waals surface area contributed by atoms with Crippen LogP contribution >= 0.6 is 0 Å². The van der Waals surface area contributed by atoms with E-state index in [2.05, 4.69) is 4.72 Å². The van der Waals surface area contributed by atoms with Crippen molar-refractivity contribution in [3.8, 4) is 0 Å². The van der Waals surface area contributed by atoms with Crippen LogP contribution in [0.5, 0.6) is 0 Å². The summed E-state index contributed by atoms with van der Waals surface area (Å²) >= 11 is 0. The van der Waals surface area contributed by atoms with Crippen molar-refractivity contribution in [3.05, 3.63) is 29.6 Å². The first kappa shape index (κ1) is 17.8. The van der Waals surface area contributed by atoms with E-state index >= 15 is 0 Å². The Morgan fingerprint density at radius 2 is 2.04 bits per heavy atom. The molecule has 8 heteroatoms. The molecular formula is C15H20FNO5S. The molecule has 1 N–H and O–H groups in total. The van der Waals surface area contributed by atoms with Gasteiger partial charge in [0.05, 0.1) is 12.0 Å². The molecule has 0 unspecified atom stereocenters. The largest absolute Gasteiger partial charge is 0.468 e. The first-order valence-corrected chi connectivity index (χ1v) is 8.77. The number of sulfonamides is 1. The number of nitrogens with one attached hydrogen (secondary N) is 1. The van der Waals surface area contributed by atoms with Crippen molar-refractivity contribution in [1.29, 1.82) is 0 Å². The number of esters is 1. The third-order valence-electron chi connectivity index (χ3n) is 3.91. The van der Waals surface area contributed by atoms with E-state index in [4.69, 9.17) is 9.47 Å². The molecule has 0 spiro atoms. The highest BCUT2D eigenvalue weighted by Crippen LogP contribution is 2.22. The lowest BCUT2D eigenvalue weighted by Gasteiger charge is -2.28. The predicted molar refractivity (Wildman–Crippen MR) is 80.8 cm³/mol. The topological polar surface area (TPSA) is 81.7 Å². The summed E-state index contributed by atoms with van der Waals surface area (Å²) in [6.07, 6.45) is 1.12. The van der Waals surface area contributed by atoms with Crippen molar-refractivity contribution in [2.75, 3.05) is 20.3 Å². The van der Waals surface area contributed by atoms with Crippen LogP contribution in [0.25, 0.3) is 0 Å². The molecule has 0 radical (unpaired) electrons. The lowest BCUT2D eigenvalue weighted by molar-refractivity contribution is -0.145. The molecule has 1 atom stereocenters. The van der Waals surface area contributed by atoms with Crippen LogP contribution in [-0.4, -0.2) is 40.8 Å². The molecule has 1 aromatic rings. The number of benzene rings is 1. The molecule has 1 fully saturated rings. The SMILES string of the molecule is COC(=O)[C@H](NS(=O)(=O)c1ccc(F)c(C)c1)C1CCOCC1. The second-order valence-electron chi connectivity index (χ2n) is 5.48. The zero-order valence-corrected chi connectivity index (χ0v) is 13.9. The predicted octanol–water partition coefficient (Wildman–Crippen LogP) is 1.38. The Morgan fingerprint density at radius 3 is 2.61 bits per heavy atom. The van der Waals surface area contributed by atoms with Gasteiger partial charge in [-0.15, -0.1) is 0 Å². The monoisotopic (exact) mass is 345 g/mol. The first-order chi connectivity index (χ1) is 10.8. The Hall–Kier alpha value is -1.51. The van der Waals surface area contributed by atoms with Crippen LogP contribution in [-0.2, 0) is 24.3 Å². The molecule has 1 aromatic carbocycles. The average molecular weight is 345 g/mol. The van der Waals surface area contributed by atoms with E-state index in [1.165, 1.54) is 26.2 Å². The van der Waals surface area contributed by atoms with Gasteiger partial charge in [-0.05, 0) is 49.4 Å². The summed E-state index contributed by atoms with van der Waals surface area (Å²) in [5, 5.41) is 0. The van der Waals surface area contributed by atoms with Crippen LogP contribution in [0.2, 0.25) is 0 Å². The van der Waals surface area contributed by atoms with E-state index < -0.39 is 27.9 Å². The molecule has 0 amide bonds. The van der Waals surface area contributed by atoms with Crippen LogP contribution in [0.1, 0.15) is 18.4 Å². The summed E-state index contributed by atoms with van der Waals surface area (Å²) in [5.41, 5.74) is 0.216. The van der Waals surface area contributed by atoms with Crippen molar-refractivity contribution in [3.63, 3.8) is 0 Å². The Balaban J connectivity index is 2.26. The van der Waals surface area contributed by atoms with E-state index in [0.29, 0.717) is 26.1 Å². The molecule has 0 saturated carbocycles. The molecule has 6 nitrogen and oxygen atoms in total. The molecular weight excluding hydrogens is 325 g/mol. The van der Waals surface area contributed by atoms with E-state index in [0.717, 1.165) is 6.07 Å². The van der Waals surface area contributed by atoms with Crippen LogP contribution in [0, 0.1) is 18.7 Å². The number of carbonyl (C=O) groups is 1. The number of carbonyl (C=O) groups excluding carboxylic acids is 1. The maximum absolute atomic E-state index is 13.3. The number of rotatable bonds is 5. The van der Waals surface area contributed by atoms with Gasteiger partial charge in [0.2, 0.25) is 10.0 Å². The number of hydrogen-bond donors (Lipinski definition) is 1. The molecule has 1 aliphatic heterocycles. The van der Waals surface area contributed by atoms with Crippen molar-refractivity contribution in [2.24, 2.45) is 5.92 Å². The Morgan fingerprint density at radius 1 is 1.39 bits per heavy atom. The smallest absolute Gasteiger partial charge is 0.324 e. The maximum Gasteiger partial charge on any atom is 0.324 e. The van der Waals surface area contributed by atoms with Crippen LogP contribution < -0.4 is 4.72 Å². The summed E-state index contributed by atoms with van der Waals surface area (Å²) < 4.78 is 50.7. The summed E-state index contributed by atoms with van der Waals surface area (Å²) in [4.78, 5) is 11.9. The number of aryl methyl sites for hydroxylation is 1. The summed E-state index contributed by atoms with van der Waals surface area (Å²) in [6, 6.07) is 2.50. The number of methoxy groups -OCH3 is 1. The third kappa shape index (κ3) is 4.27. The van der Waals surface area contributed by atoms with E-state index in [1.807, 2.05) is 0 Å². The molecule has 1 aliphatic rings. The summed E-state index contributed by atoms with van der Waals surface area (Å²) in [7, 11) is -2.75.